The van der Waals surface area contributed by atoms with Gasteiger partial charge in [-0.2, -0.15) is 0 Å². The molecule has 0 radical (unpaired) electrons. The number of allylic oxidation sites excluding steroid dienone is 2. The third-order valence-corrected chi connectivity index (χ3v) is 1.83. The molecule has 0 fully saturated rings. The SMILES string of the molecule is CCC=C(C)C(=O)O.CCCCC=CC(=O)O. The molecular formula is C13H22O4. The number of hydrogen-bond acceptors (Lipinski definition) is 2. The van der Waals surface area contributed by atoms with Gasteiger partial charge in [-0.05, 0) is 19.8 Å². The first kappa shape index (κ1) is 17.8. The first-order chi connectivity index (χ1) is 7.95. The van der Waals surface area contributed by atoms with Crippen LogP contribution in [0.1, 0.15) is 46.5 Å². The third-order valence-electron chi connectivity index (χ3n) is 1.83. The molecule has 0 aromatic rings. The van der Waals surface area contributed by atoms with Gasteiger partial charge in [0.2, 0.25) is 0 Å². The van der Waals surface area contributed by atoms with Crippen molar-refractivity contribution < 1.29 is 19.8 Å². The summed E-state index contributed by atoms with van der Waals surface area (Å²) in [5, 5.41) is 16.4. The van der Waals surface area contributed by atoms with Crippen LogP contribution in [-0.4, -0.2) is 22.2 Å². The molecule has 0 rings (SSSR count). The maximum absolute atomic E-state index is 10.0. The number of rotatable bonds is 6. The lowest BCUT2D eigenvalue weighted by atomic mass is 10.2. The molecule has 0 amide bonds. The minimum Gasteiger partial charge on any atom is -0.478 e. The van der Waals surface area contributed by atoms with Crippen LogP contribution in [0.15, 0.2) is 23.8 Å². The monoisotopic (exact) mass is 242 g/mol. The smallest absolute Gasteiger partial charge is 0.330 e. The maximum Gasteiger partial charge on any atom is 0.330 e. The predicted octanol–water partition coefficient (Wildman–Crippen LogP) is 3.24. The van der Waals surface area contributed by atoms with Crippen LogP contribution in [-0.2, 0) is 9.59 Å². The highest BCUT2D eigenvalue weighted by Crippen LogP contribution is 1.94. The summed E-state index contributed by atoms with van der Waals surface area (Å²) in [6.07, 6.45) is 8.42. The van der Waals surface area contributed by atoms with Crippen LogP contribution in [0.25, 0.3) is 0 Å². The van der Waals surface area contributed by atoms with E-state index < -0.39 is 11.9 Å². The first-order valence-corrected chi connectivity index (χ1v) is 5.75. The van der Waals surface area contributed by atoms with Gasteiger partial charge in [-0.1, -0.05) is 38.8 Å². The van der Waals surface area contributed by atoms with Gasteiger partial charge in [0.15, 0.2) is 0 Å². The molecular weight excluding hydrogens is 220 g/mol. The largest absolute Gasteiger partial charge is 0.478 e. The van der Waals surface area contributed by atoms with E-state index >= 15 is 0 Å². The Morgan fingerprint density at radius 1 is 1.18 bits per heavy atom. The molecule has 0 bridgehead atoms. The molecule has 0 aliphatic heterocycles. The van der Waals surface area contributed by atoms with Gasteiger partial charge in [0, 0.05) is 11.6 Å². The average molecular weight is 242 g/mol. The van der Waals surface area contributed by atoms with E-state index in [1.807, 2.05) is 6.92 Å². The van der Waals surface area contributed by atoms with Gasteiger partial charge < -0.3 is 10.2 Å². The number of hydrogen-bond donors (Lipinski definition) is 2. The zero-order valence-corrected chi connectivity index (χ0v) is 10.8. The lowest BCUT2D eigenvalue weighted by molar-refractivity contribution is -0.133. The van der Waals surface area contributed by atoms with Crippen molar-refractivity contribution in [2.45, 2.75) is 46.5 Å². The molecule has 0 unspecified atom stereocenters. The summed E-state index contributed by atoms with van der Waals surface area (Å²) < 4.78 is 0. The normalized spacial score (nSPS) is 10.9. The van der Waals surface area contributed by atoms with Crippen molar-refractivity contribution in [2.24, 2.45) is 0 Å². The Balaban J connectivity index is 0. The number of unbranched alkanes of at least 4 members (excludes halogenated alkanes) is 2. The highest BCUT2D eigenvalue weighted by molar-refractivity contribution is 5.85. The van der Waals surface area contributed by atoms with E-state index in [-0.39, 0.29) is 0 Å². The Labute approximate surface area is 103 Å². The molecule has 0 saturated carbocycles. The van der Waals surface area contributed by atoms with Gasteiger partial charge in [-0.15, -0.1) is 0 Å². The zero-order chi connectivity index (χ0) is 13.7. The van der Waals surface area contributed by atoms with Crippen LogP contribution >= 0.6 is 0 Å². The van der Waals surface area contributed by atoms with E-state index in [0.717, 1.165) is 25.7 Å². The fourth-order valence-electron chi connectivity index (χ4n) is 0.900. The van der Waals surface area contributed by atoms with Crippen molar-refractivity contribution in [1.29, 1.82) is 0 Å². The van der Waals surface area contributed by atoms with E-state index in [1.54, 1.807) is 19.1 Å². The Morgan fingerprint density at radius 2 is 1.76 bits per heavy atom. The second kappa shape index (κ2) is 12.5. The first-order valence-electron chi connectivity index (χ1n) is 5.75. The topological polar surface area (TPSA) is 74.6 Å². The van der Waals surface area contributed by atoms with Gasteiger partial charge in [-0.25, -0.2) is 9.59 Å². The zero-order valence-electron chi connectivity index (χ0n) is 10.8. The van der Waals surface area contributed by atoms with Crippen molar-refractivity contribution >= 4 is 11.9 Å². The Morgan fingerprint density at radius 3 is 2.06 bits per heavy atom. The molecule has 0 saturated heterocycles. The number of carboxylic acids is 2. The molecule has 17 heavy (non-hydrogen) atoms. The Hall–Kier alpha value is -1.58. The number of carboxylic acid groups (broad SMARTS) is 2. The van der Waals surface area contributed by atoms with Gasteiger partial charge in [0.25, 0.3) is 0 Å². The van der Waals surface area contributed by atoms with E-state index in [4.69, 9.17) is 10.2 Å². The summed E-state index contributed by atoms with van der Waals surface area (Å²) in [5.74, 6) is -1.68. The Bertz CT molecular complexity index is 277. The fraction of sp³-hybridized carbons (Fsp3) is 0.538. The van der Waals surface area contributed by atoms with Crippen molar-refractivity contribution in [2.75, 3.05) is 0 Å². The molecule has 0 heterocycles. The summed E-state index contributed by atoms with van der Waals surface area (Å²) >= 11 is 0. The fourth-order valence-corrected chi connectivity index (χ4v) is 0.900. The molecule has 0 aromatic carbocycles. The van der Waals surface area contributed by atoms with E-state index in [0.29, 0.717) is 5.57 Å². The molecule has 2 N–H and O–H groups in total. The van der Waals surface area contributed by atoms with Gasteiger partial charge in [0.1, 0.15) is 0 Å². The summed E-state index contributed by atoms with van der Waals surface area (Å²) in [4.78, 5) is 19.9. The highest BCUT2D eigenvalue weighted by Gasteiger charge is 1.95. The van der Waals surface area contributed by atoms with Crippen LogP contribution in [0, 0.1) is 0 Å². The minimum absolute atomic E-state index is 0.424. The molecule has 4 heteroatoms. The summed E-state index contributed by atoms with van der Waals surface area (Å²) in [5.41, 5.74) is 0.424. The lowest BCUT2D eigenvalue weighted by Gasteiger charge is -1.87. The minimum atomic E-state index is -0.855. The molecule has 0 spiro atoms. The Kier molecular flexibility index (Phi) is 13.1. The van der Waals surface area contributed by atoms with Crippen molar-refractivity contribution in [3.05, 3.63) is 23.8 Å². The third kappa shape index (κ3) is 17.1. The van der Waals surface area contributed by atoms with Crippen LogP contribution in [0.4, 0.5) is 0 Å². The lowest BCUT2D eigenvalue weighted by Crippen LogP contribution is -1.94. The van der Waals surface area contributed by atoms with E-state index in [2.05, 4.69) is 6.92 Å². The van der Waals surface area contributed by atoms with Crippen LogP contribution in [0.5, 0.6) is 0 Å². The number of aliphatic carboxylic acids is 2. The quantitative estimate of drug-likeness (QED) is 0.554. The molecule has 4 nitrogen and oxygen atoms in total. The summed E-state index contributed by atoms with van der Waals surface area (Å²) in [7, 11) is 0. The van der Waals surface area contributed by atoms with Gasteiger partial charge in [-0.3, -0.25) is 0 Å². The molecule has 0 aromatic heterocycles. The highest BCUT2D eigenvalue weighted by atomic mass is 16.4. The van der Waals surface area contributed by atoms with Crippen molar-refractivity contribution in [3.63, 3.8) is 0 Å². The van der Waals surface area contributed by atoms with Crippen LogP contribution in [0.2, 0.25) is 0 Å². The van der Waals surface area contributed by atoms with E-state index in [1.165, 1.54) is 6.08 Å². The van der Waals surface area contributed by atoms with Crippen LogP contribution in [0.3, 0.4) is 0 Å². The second-order valence-corrected chi connectivity index (χ2v) is 3.48. The second-order valence-electron chi connectivity index (χ2n) is 3.48. The van der Waals surface area contributed by atoms with Gasteiger partial charge >= 0.3 is 11.9 Å². The summed E-state index contributed by atoms with van der Waals surface area (Å²) in [6, 6.07) is 0. The predicted molar refractivity (Wildman–Crippen MR) is 68.0 cm³/mol. The summed E-state index contributed by atoms with van der Waals surface area (Å²) in [6.45, 7) is 5.58. The maximum atomic E-state index is 10.0. The van der Waals surface area contributed by atoms with E-state index in [9.17, 15) is 9.59 Å². The molecule has 0 atom stereocenters. The molecule has 98 valence electrons. The average Bonchev–Trinajstić information content (AvgIpc) is 2.25. The van der Waals surface area contributed by atoms with Crippen molar-refractivity contribution in [3.8, 4) is 0 Å². The molecule has 0 aliphatic rings. The standard InChI is InChI=1S/C7H12O2.C6H10O2/c1-2-3-4-5-6-7(8)9;1-3-4-5(2)6(7)8/h5-6H,2-4H2,1H3,(H,8,9);4H,3H2,1-2H3,(H,7,8). The van der Waals surface area contributed by atoms with Crippen LogP contribution < -0.4 is 0 Å². The van der Waals surface area contributed by atoms with Gasteiger partial charge in [0.05, 0.1) is 0 Å². The molecule has 0 aliphatic carbocycles. The van der Waals surface area contributed by atoms with Crippen molar-refractivity contribution in [1.82, 2.24) is 0 Å². The number of carbonyl (C=O) groups is 2.